The number of halogens is 1. The number of amides is 1. The van der Waals surface area contributed by atoms with E-state index in [4.69, 9.17) is 15.6 Å². The zero-order valence-corrected chi connectivity index (χ0v) is 18.3. The number of anilines is 2. The van der Waals surface area contributed by atoms with E-state index >= 15 is 0 Å². The zero-order valence-electron chi connectivity index (χ0n) is 16.7. The molecule has 3 heterocycles. The van der Waals surface area contributed by atoms with Crippen LogP contribution in [0.2, 0.25) is 0 Å². The van der Waals surface area contributed by atoms with Crippen molar-refractivity contribution in [3.8, 4) is 16.9 Å². The lowest BCUT2D eigenvalue weighted by Gasteiger charge is -2.23. The second-order valence-corrected chi connectivity index (χ2v) is 8.30. The Balaban J connectivity index is 1.64. The average Bonchev–Trinajstić information content (AvgIpc) is 3.49. The van der Waals surface area contributed by atoms with Crippen molar-refractivity contribution in [2.45, 2.75) is 19.3 Å². The van der Waals surface area contributed by atoms with Crippen molar-refractivity contribution in [2.24, 2.45) is 0 Å². The van der Waals surface area contributed by atoms with Gasteiger partial charge in [0.2, 0.25) is 0 Å². The van der Waals surface area contributed by atoms with E-state index in [9.17, 15) is 4.79 Å². The van der Waals surface area contributed by atoms with E-state index < -0.39 is 12.3 Å². The molecule has 7 nitrogen and oxygen atoms in total. The highest BCUT2D eigenvalue weighted by Gasteiger charge is 2.42. The maximum absolute atomic E-state index is 13.0. The molecule has 1 fully saturated rings. The molecule has 1 amide bonds. The van der Waals surface area contributed by atoms with Gasteiger partial charge in [0, 0.05) is 45.6 Å². The van der Waals surface area contributed by atoms with Crippen LogP contribution in [0.4, 0.5) is 11.4 Å². The summed E-state index contributed by atoms with van der Waals surface area (Å²) in [5.41, 5.74) is 10.6. The van der Waals surface area contributed by atoms with Crippen LogP contribution in [0, 0.1) is 0 Å². The summed E-state index contributed by atoms with van der Waals surface area (Å²) in [5, 5.41) is 4.83. The van der Waals surface area contributed by atoms with Gasteiger partial charge in [-0.25, -0.2) is 4.68 Å². The minimum absolute atomic E-state index is 0.105. The number of nitrogens with two attached hydrogens (primary N) is 1. The minimum Gasteiger partial charge on any atom is -0.399 e. The van der Waals surface area contributed by atoms with Gasteiger partial charge in [-0.15, -0.1) is 0 Å². The largest absolute Gasteiger partial charge is 0.399 e. The van der Waals surface area contributed by atoms with E-state index in [2.05, 4.69) is 20.9 Å². The number of nitrogen functional groups attached to an aromatic ring is 1. The second kappa shape index (κ2) is 7.72. The molecule has 0 radical (unpaired) electrons. The van der Waals surface area contributed by atoms with E-state index in [0.29, 0.717) is 5.69 Å². The Kier molecular flexibility index (Phi) is 4.88. The number of ether oxygens (including phenoxy) is 1. The maximum Gasteiger partial charge on any atom is 0.258 e. The average molecular weight is 478 g/mol. The molecule has 156 valence electrons. The van der Waals surface area contributed by atoms with Crippen LogP contribution in [-0.4, -0.2) is 26.8 Å². The monoisotopic (exact) mass is 477 g/mol. The van der Waals surface area contributed by atoms with Gasteiger partial charge in [0.25, 0.3) is 5.91 Å². The number of nitrogens with zero attached hydrogens (tertiary/aromatic N) is 3. The molecule has 2 aromatic carbocycles. The van der Waals surface area contributed by atoms with E-state index in [1.54, 1.807) is 24.0 Å². The lowest BCUT2D eigenvalue weighted by molar-refractivity contribution is -0.121. The smallest absolute Gasteiger partial charge is 0.258 e. The third-order valence-corrected chi connectivity index (χ3v) is 5.82. The number of carbonyl (C=O) groups excluding carboxylic acids is 1. The van der Waals surface area contributed by atoms with Crippen LogP contribution in [0.1, 0.15) is 18.7 Å². The van der Waals surface area contributed by atoms with E-state index in [0.717, 1.165) is 32.7 Å². The number of hydrogen-bond acceptors (Lipinski definition) is 4. The van der Waals surface area contributed by atoms with Gasteiger partial charge in [-0.1, -0.05) is 15.9 Å². The van der Waals surface area contributed by atoms with Gasteiger partial charge in [-0.2, -0.15) is 5.10 Å². The molecule has 31 heavy (non-hydrogen) atoms. The van der Waals surface area contributed by atoms with Crippen LogP contribution in [0.3, 0.4) is 0 Å². The summed E-state index contributed by atoms with van der Waals surface area (Å²) in [6.07, 6.45) is 4.47. The second-order valence-electron chi connectivity index (χ2n) is 7.38. The molecule has 0 saturated carbocycles. The summed E-state index contributed by atoms with van der Waals surface area (Å²) in [6.45, 7) is 1.77. The van der Waals surface area contributed by atoms with Gasteiger partial charge in [-0.05, 0) is 61.5 Å². The molecule has 0 bridgehead atoms. The third-order valence-electron chi connectivity index (χ3n) is 5.30. The van der Waals surface area contributed by atoms with Crippen LogP contribution < -0.4 is 10.6 Å². The first-order chi connectivity index (χ1) is 15.0. The van der Waals surface area contributed by atoms with Gasteiger partial charge in [-0.3, -0.25) is 9.69 Å². The molecule has 4 aromatic rings. The summed E-state index contributed by atoms with van der Waals surface area (Å²) in [5.74, 6) is -0.105. The fourth-order valence-corrected chi connectivity index (χ4v) is 3.99. The summed E-state index contributed by atoms with van der Waals surface area (Å²) >= 11 is 3.47. The van der Waals surface area contributed by atoms with Crippen molar-refractivity contribution in [1.29, 1.82) is 0 Å². The molecule has 0 unspecified atom stereocenters. The van der Waals surface area contributed by atoms with Gasteiger partial charge < -0.3 is 15.5 Å². The Bertz CT molecular complexity index is 1220. The number of H-pyrrole nitrogens is 1. The van der Waals surface area contributed by atoms with Gasteiger partial charge in [0.15, 0.2) is 6.23 Å². The predicted octanol–water partition coefficient (Wildman–Crippen LogP) is 4.66. The van der Waals surface area contributed by atoms with Crippen molar-refractivity contribution in [3.05, 3.63) is 83.2 Å². The number of carbonyl (C=O) groups is 1. The summed E-state index contributed by atoms with van der Waals surface area (Å²) < 4.78 is 8.93. The Morgan fingerprint density at radius 3 is 2.45 bits per heavy atom. The summed E-state index contributed by atoms with van der Waals surface area (Å²) in [4.78, 5) is 17.8. The molecule has 3 N–H and O–H groups in total. The number of aromatic amines is 1. The topological polar surface area (TPSA) is 89.2 Å². The van der Waals surface area contributed by atoms with Crippen LogP contribution in [0.5, 0.6) is 0 Å². The number of nitrogens with one attached hydrogen (secondary N) is 1. The van der Waals surface area contributed by atoms with Crippen molar-refractivity contribution in [1.82, 2.24) is 14.8 Å². The Hall–Kier alpha value is -3.36. The minimum atomic E-state index is -0.611. The third kappa shape index (κ3) is 3.54. The van der Waals surface area contributed by atoms with E-state index in [-0.39, 0.29) is 5.91 Å². The highest BCUT2D eigenvalue weighted by Crippen LogP contribution is 2.40. The van der Waals surface area contributed by atoms with Crippen LogP contribution in [-0.2, 0) is 9.53 Å². The van der Waals surface area contributed by atoms with Crippen LogP contribution >= 0.6 is 15.9 Å². The SMILES string of the molecule is C[C@H]1O[C@@H](c2cn(-c3ccc(Br)cc3)nc2-c2cc[nH]c2)N(c2ccc(N)cc2)C1=O. The first-order valence-electron chi connectivity index (χ1n) is 9.84. The zero-order chi connectivity index (χ0) is 21.5. The fraction of sp³-hybridized carbons (Fsp3) is 0.130. The van der Waals surface area contributed by atoms with Gasteiger partial charge in [0.05, 0.1) is 5.69 Å². The van der Waals surface area contributed by atoms with Crippen molar-refractivity contribution >= 4 is 33.2 Å². The van der Waals surface area contributed by atoms with Gasteiger partial charge in [0.1, 0.15) is 11.8 Å². The molecule has 1 saturated heterocycles. The molecule has 8 heteroatoms. The molecule has 5 rings (SSSR count). The lowest BCUT2D eigenvalue weighted by atomic mass is 10.1. The van der Waals surface area contributed by atoms with E-state index in [1.165, 1.54) is 0 Å². The standard InChI is InChI=1S/C23H20BrN5O2/c1-14-22(30)29(19-8-4-17(25)5-9-19)23(31-14)20-13-28(18-6-2-16(24)3-7-18)27-21(20)15-10-11-26-12-15/h2-14,23,26H,25H2,1H3/t14-,23+/m1/s1. The Labute approximate surface area is 187 Å². The first kappa shape index (κ1) is 19.6. The quantitative estimate of drug-likeness (QED) is 0.418. The molecule has 0 aliphatic carbocycles. The summed E-state index contributed by atoms with van der Waals surface area (Å²) in [6, 6.07) is 17.0. The maximum atomic E-state index is 13.0. The molecule has 2 aromatic heterocycles. The highest BCUT2D eigenvalue weighted by molar-refractivity contribution is 9.10. The normalized spacial score (nSPS) is 18.6. The van der Waals surface area contributed by atoms with Crippen molar-refractivity contribution in [2.75, 3.05) is 10.6 Å². The van der Waals surface area contributed by atoms with E-state index in [1.807, 2.05) is 65.7 Å². The Morgan fingerprint density at radius 2 is 1.77 bits per heavy atom. The number of aromatic nitrogens is 3. The summed E-state index contributed by atoms with van der Waals surface area (Å²) in [7, 11) is 0. The molecule has 1 aliphatic heterocycles. The predicted molar refractivity (Wildman–Crippen MR) is 123 cm³/mol. The number of benzene rings is 2. The fourth-order valence-electron chi connectivity index (χ4n) is 3.72. The van der Waals surface area contributed by atoms with Crippen molar-refractivity contribution in [3.63, 3.8) is 0 Å². The molecule has 2 atom stereocenters. The number of hydrogen-bond donors (Lipinski definition) is 2. The Morgan fingerprint density at radius 1 is 1.06 bits per heavy atom. The first-order valence-corrected chi connectivity index (χ1v) is 10.6. The molecular weight excluding hydrogens is 458 g/mol. The highest BCUT2D eigenvalue weighted by atomic mass is 79.9. The van der Waals surface area contributed by atoms with Crippen LogP contribution in [0.15, 0.2) is 77.7 Å². The van der Waals surface area contributed by atoms with Crippen molar-refractivity contribution < 1.29 is 9.53 Å². The molecular formula is C23H20BrN5O2. The lowest BCUT2D eigenvalue weighted by Crippen LogP contribution is -2.30. The van der Waals surface area contributed by atoms with Gasteiger partial charge >= 0.3 is 0 Å². The number of rotatable bonds is 4. The molecule has 0 spiro atoms. The molecule has 1 aliphatic rings. The van der Waals surface area contributed by atoms with Crippen LogP contribution in [0.25, 0.3) is 16.9 Å².